The Labute approximate surface area is 111 Å². The summed E-state index contributed by atoms with van der Waals surface area (Å²) in [6, 6.07) is 3.64. The van der Waals surface area contributed by atoms with Crippen molar-refractivity contribution in [2.24, 2.45) is 0 Å². The molecule has 0 aromatic carbocycles. The normalized spacial score (nSPS) is 10.8. The van der Waals surface area contributed by atoms with Gasteiger partial charge in [-0.25, -0.2) is 0 Å². The van der Waals surface area contributed by atoms with Gasteiger partial charge in [0.05, 0.1) is 28.6 Å². The van der Waals surface area contributed by atoms with Crippen molar-refractivity contribution in [3.05, 3.63) is 40.4 Å². The highest BCUT2D eigenvalue weighted by Gasteiger charge is 2.15. The van der Waals surface area contributed by atoms with Crippen molar-refractivity contribution in [1.29, 1.82) is 0 Å². The van der Waals surface area contributed by atoms with Gasteiger partial charge < -0.3 is 4.57 Å². The fraction of sp³-hybridized carbons (Fsp3) is 0.385. The second-order valence-electron chi connectivity index (χ2n) is 4.06. The van der Waals surface area contributed by atoms with E-state index in [1.165, 1.54) is 0 Å². The summed E-state index contributed by atoms with van der Waals surface area (Å²) in [4.78, 5) is 10.9. The summed E-state index contributed by atoms with van der Waals surface area (Å²) >= 11 is 6.34. The molecule has 18 heavy (non-hydrogen) atoms. The zero-order chi connectivity index (χ0) is 13.1. The van der Waals surface area contributed by atoms with Crippen LogP contribution in [0.5, 0.6) is 0 Å². The lowest BCUT2D eigenvalue weighted by Crippen LogP contribution is -2.09. The molecule has 0 N–H and O–H groups in total. The van der Waals surface area contributed by atoms with Crippen molar-refractivity contribution < 1.29 is 4.79 Å². The minimum absolute atomic E-state index is 0.570. The van der Waals surface area contributed by atoms with Crippen molar-refractivity contribution in [3.63, 3.8) is 0 Å². The number of nitrogens with zero attached hydrogens (tertiary/aromatic N) is 3. The van der Waals surface area contributed by atoms with E-state index in [9.17, 15) is 4.79 Å². The molecule has 0 radical (unpaired) electrons. The highest BCUT2D eigenvalue weighted by Crippen LogP contribution is 2.23. The SMILES string of the molecule is CCc1nn(CC)c(Cn2cccc2C=O)c1Cl. The minimum Gasteiger partial charge on any atom is -0.339 e. The van der Waals surface area contributed by atoms with E-state index >= 15 is 0 Å². The third-order valence-corrected chi connectivity index (χ3v) is 3.44. The van der Waals surface area contributed by atoms with E-state index in [4.69, 9.17) is 11.6 Å². The van der Waals surface area contributed by atoms with E-state index in [1.807, 2.05) is 35.4 Å². The number of aryl methyl sites for hydroxylation is 2. The first kappa shape index (κ1) is 12.9. The molecule has 0 aliphatic rings. The van der Waals surface area contributed by atoms with E-state index < -0.39 is 0 Å². The zero-order valence-electron chi connectivity index (χ0n) is 10.6. The highest BCUT2D eigenvalue weighted by atomic mass is 35.5. The molecular weight excluding hydrogens is 250 g/mol. The van der Waals surface area contributed by atoms with Crippen molar-refractivity contribution in [1.82, 2.24) is 14.3 Å². The molecule has 0 aliphatic carbocycles. The maximum Gasteiger partial charge on any atom is 0.166 e. The Kier molecular flexibility index (Phi) is 3.87. The van der Waals surface area contributed by atoms with Crippen LogP contribution >= 0.6 is 11.6 Å². The third-order valence-electron chi connectivity index (χ3n) is 3.00. The molecular formula is C13H16ClN3O. The second-order valence-corrected chi connectivity index (χ2v) is 4.43. The monoisotopic (exact) mass is 265 g/mol. The van der Waals surface area contributed by atoms with Gasteiger partial charge in [0.25, 0.3) is 0 Å². The predicted molar refractivity (Wildman–Crippen MR) is 71.2 cm³/mol. The van der Waals surface area contributed by atoms with E-state index in [0.717, 1.165) is 30.6 Å². The molecule has 0 unspecified atom stereocenters. The Hall–Kier alpha value is -1.55. The first-order chi connectivity index (χ1) is 8.71. The Morgan fingerprint density at radius 2 is 2.22 bits per heavy atom. The van der Waals surface area contributed by atoms with Crippen LogP contribution in [0, 0.1) is 0 Å². The van der Waals surface area contributed by atoms with Gasteiger partial charge in [0.1, 0.15) is 0 Å². The number of aromatic nitrogens is 3. The molecule has 0 saturated carbocycles. The van der Waals surface area contributed by atoms with E-state index in [2.05, 4.69) is 5.10 Å². The van der Waals surface area contributed by atoms with Crippen molar-refractivity contribution >= 4 is 17.9 Å². The molecule has 0 spiro atoms. The summed E-state index contributed by atoms with van der Waals surface area (Å²) in [7, 11) is 0. The van der Waals surface area contributed by atoms with Gasteiger partial charge in [-0.05, 0) is 25.5 Å². The smallest absolute Gasteiger partial charge is 0.166 e. The number of hydrogen-bond acceptors (Lipinski definition) is 2. The first-order valence-electron chi connectivity index (χ1n) is 6.05. The molecule has 96 valence electrons. The molecule has 0 aliphatic heterocycles. The predicted octanol–water partition coefficient (Wildman–Crippen LogP) is 2.78. The number of halogens is 1. The summed E-state index contributed by atoms with van der Waals surface area (Å²) in [5.74, 6) is 0. The van der Waals surface area contributed by atoms with E-state index in [1.54, 1.807) is 6.07 Å². The highest BCUT2D eigenvalue weighted by molar-refractivity contribution is 6.31. The van der Waals surface area contributed by atoms with Gasteiger partial charge in [0, 0.05) is 12.7 Å². The van der Waals surface area contributed by atoms with Crippen LogP contribution in [0.2, 0.25) is 5.02 Å². The standard InChI is InChI=1S/C13H16ClN3O/c1-3-11-13(14)12(17(4-2)15-11)8-16-7-5-6-10(16)9-18/h5-7,9H,3-4,8H2,1-2H3. The van der Waals surface area contributed by atoms with Crippen LogP contribution in [0.25, 0.3) is 0 Å². The van der Waals surface area contributed by atoms with Crippen molar-refractivity contribution in [2.45, 2.75) is 33.4 Å². The van der Waals surface area contributed by atoms with Crippen LogP contribution in [-0.2, 0) is 19.5 Å². The molecule has 0 fully saturated rings. The van der Waals surface area contributed by atoms with Crippen LogP contribution < -0.4 is 0 Å². The lowest BCUT2D eigenvalue weighted by Gasteiger charge is -2.08. The molecule has 2 heterocycles. The Balaban J connectivity index is 2.39. The quantitative estimate of drug-likeness (QED) is 0.780. The van der Waals surface area contributed by atoms with Gasteiger partial charge in [-0.3, -0.25) is 9.48 Å². The van der Waals surface area contributed by atoms with Crippen LogP contribution in [0.1, 0.15) is 35.7 Å². The summed E-state index contributed by atoms with van der Waals surface area (Å²) < 4.78 is 3.78. The maximum absolute atomic E-state index is 10.9. The summed E-state index contributed by atoms with van der Waals surface area (Å²) in [6.07, 6.45) is 3.53. The van der Waals surface area contributed by atoms with Crippen molar-refractivity contribution in [3.8, 4) is 0 Å². The number of hydrogen-bond donors (Lipinski definition) is 0. The van der Waals surface area contributed by atoms with Gasteiger partial charge in [0.2, 0.25) is 0 Å². The molecule has 0 amide bonds. The largest absolute Gasteiger partial charge is 0.339 e. The van der Waals surface area contributed by atoms with Crippen LogP contribution in [0.4, 0.5) is 0 Å². The maximum atomic E-state index is 10.9. The van der Waals surface area contributed by atoms with Crippen LogP contribution in [-0.4, -0.2) is 20.6 Å². The van der Waals surface area contributed by atoms with E-state index in [-0.39, 0.29) is 0 Å². The minimum atomic E-state index is 0.570. The molecule has 4 nitrogen and oxygen atoms in total. The molecule has 2 rings (SSSR count). The molecule has 0 bridgehead atoms. The van der Waals surface area contributed by atoms with Gasteiger partial charge >= 0.3 is 0 Å². The van der Waals surface area contributed by atoms with Gasteiger partial charge in [-0.2, -0.15) is 5.10 Å². The topological polar surface area (TPSA) is 39.8 Å². The van der Waals surface area contributed by atoms with Gasteiger partial charge in [-0.1, -0.05) is 18.5 Å². The average molecular weight is 266 g/mol. The average Bonchev–Trinajstić information content (AvgIpc) is 2.95. The molecule has 0 saturated heterocycles. The number of carbonyl (C=O) groups is 1. The van der Waals surface area contributed by atoms with Gasteiger partial charge in [0.15, 0.2) is 6.29 Å². The van der Waals surface area contributed by atoms with Crippen LogP contribution in [0.3, 0.4) is 0 Å². The van der Waals surface area contributed by atoms with Crippen molar-refractivity contribution in [2.75, 3.05) is 0 Å². The zero-order valence-corrected chi connectivity index (χ0v) is 11.3. The number of carbonyl (C=O) groups excluding carboxylic acids is 1. The Morgan fingerprint density at radius 1 is 1.44 bits per heavy atom. The Morgan fingerprint density at radius 3 is 2.83 bits per heavy atom. The Bertz CT molecular complexity index is 557. The fourth-order valence-electron chi connectivity index (χ4n) is 2.01. The van der Waals surface area contributed by atoms with E-state index in [0.29, 0.717) is 17.3 Å². The fourth-order valence-corrected chi connectivity index (χ4v) is 2.34. The number of aldehydes is 1. The van der Waals surface area contributed by atoms with Crippen LogP contribution in [0.15, 0.2) is 18.3 Å². The molecule has 2 aromatic rings. The number of rotatable bonds is 5. The lowest BCUT2D eigenvalue weighted by atomic mass is 10.3. The summed E-state index contributed by atoms with van der Waals surface area (Å²) in [6.45, 7) is 5.40. The lowest BCUT2D eigenvalue weighted by molar-refractivity contribution is 0.111. The molecule has 5 heteroatoms. The second kappa shape index (κ2) is 5.40. The molecule has 0 atom stereocenters. The first-order valence-corrected chi connectivity index (χ1v) is 6.43. The third kappa shape index (κ3) is 2.20. The summed E-state index contributed by atoms with van der Waals surface area (Å²) in [5.41, 5.74) is 2.51. The summed E-state index contributed by atoms with van der Waals surface area (Å²) in [5, 5.41) is 5.18. The van der Waals surface area contributed by atoms with Gasteiger partial charge in [-0.15, -0.1) is 0 Å². The molecule has 2 aromatic heterocycles.